The minimum Gasteiger partial charge on any atom is -0.494 e. The normalized spacial score (nSPS) is 16.7. The number of nitrogens with one attached hydrogen (secondary N) is 1. The number of ether oxygens (including phenoxy) is 2. The van der Waals surface area contributed by atoms with Crippen molar-refractivity contribution in [1.29, 1.82) is 0 Å². The zero-order valence-corrected chi connectivity index (χ0v) is 26.8. The average Bonchev–Trinajstić information content (AvgIpc) is 3.41. The third-order valence-corrected chi connectivity index (χ3v) is 9.56. The van der Waals surface area contributed by atoms with Crippen LogP contribution in [0.5, 0.6) is 11.5 Å². The van der Waals surface area contributed by atoms with E-state index >= 15 is 0 Å². The van der Waals surface area contributed by atoms with Gasteiger partial charge in [-0.3, -0.25) is 14.4 Å². The number of aliphatic carboxylic acids is 1. The second-order valence-electron chi connectivity index (χ2n) is 12.8. The van der Waals surface area contributed by atoms with Crippen LogP contribution in [-0.4, -0.2) is 54.3 Å². The lowest BCUT2D eigenvalue weighted by Crippen LogP contribution is -2.51. The van der Waals surface area contributed by atoms with Gasteiger partial charge in [0.05, 0.1) is 14.2 Å². The van der Waals surface area contributed by atoms with Gasteiger partial charge >= 0.3 is 5.97 Å². The van der Waals surface area contributed by atoms with Gasteiger partial charge in [-0.05, 0) is 67.9 Å². The van der Waals surface area contributed by atoms with Gasteiger partial charge in [0, 0.05) is 17.4 Å². The summed E-state index contributed by atoms with van der Waals surface area (Å²) in [6.07, 6.45) is 11.5. The summed E-state index contributed by atoms with van der Waals surface area (Å²) in [6, 6.07) is 12.1. The number of carboxylic acid groups (broad SMARTS) is 1. The monoisotopic (exact) mass is 617 g/mol. The number of carboxylic acids is 1. The Kier molecular flexibility index (Phi) is 10.7. The van der Waals surface area contributed by atoms with Crippen molar-refractivity contribution in [2.45, 2.75) is 90.1 Å². The Hall–Kier alpha value is -4.01. The molecule has 45 heavy (non-hydrogen) atoms. The molecule has 2 aliphatic carbocycles. The van der Waals surface area contributed by atoms with E-state index in [1.807, 2.05) is 43.3 Å². The smallest absolute Gasteiger partial charge is 0.323 e. The van der Waals surface area contributed by atoms with Gasteiger partial charge in [-0.2, -0.15) is 0 Å². The number of para-hydroxylation sites is 1. The number of fused-ring (bicyclic) bond motifs is 1. The summed E-state index contributed by atoms with van der Waals surface area (Å²) >= 11 is 0. The molecule has 0 aliphatic heterocycles. The molecule has 2 fully saturated rings. The van der Waals surface area contributed by atoms with Crippen molar-refractivity contribution >= 4 is 34.4 Å². The van der Waals surface area contributed by atoms with Crippen LogP contribution in [0.4, 0.5) is 5.69 Å². The first-order chi connectivity index (χ1) is 21.8. The van der Waals surface area contributed by atoms with Crippen molar-refractivity contribution in [2.24, 2.45) is 11.8 Å². The molecule has 1 heterocycles. The van der Waals surface area contributed by atoms with Crippen LogP contribution in [-0.2, 0) is 16.1 Å². The number of nitrogens with zero attached hydrogens (tertiary/aromatic N) is 2. The fraction of sp³-hybridized carbons (Fsp3) is 0.528. The Morgan fingerprint density at radius 2 is 1.51 bits per heavy atom. The lowest BCUT2D eigenvalue weighted by Gasteiger charge is -2.35. The third-order valence-electron chi connectivity index (χ3n) is 9.56. The number of hydrogen-bond acceptors (Lipinski definition) is 5. The van der Waals surface area contributed by atoms with Gasteiger partial charge in [0.2, 0.25) is 5.91 Å². The van der Waals surface area contributed by atoms with Crippen LogP contribution >= 0.6 is 0 Å². The maximum absolute atomic E-state index is 14.9. The maximum atomic E-state index is 14.9. The summed E-state index contributed by atoms with van der Waals surface area (Å²) in [5.74, 6) is 0.0415. The average molecular weight is 618 g/mol. The zero-order valence-electron chi connectivity index (χ0n) is 26.8. The molecule has 2 saturated carbocycles. The molecule has 0 spiro atoms. The molecule has 2 amide bonds. The molecule has 2 N–H and O–H groups in total. The lowest BCUT2D eigenvalue weighted by atomic mass is 9.84. The van der Waals surface area contributed by atoms with E-state index in [1.165, 1.54) is 17.4 Å². The first kappa shape index (κ1) is 32.4. The van der Waals surface area contributed by atoms with Crippen LogP contribution in [0.3, 0.4) is 0 Å². The Balaban J connectivity index is 1.55. The van der Waals surface area contributed by atoms with Crippen LogP contribution in [0, 0.1) is 18.8 Å². The number of anilines is 1. The predicted molar refractivity (Wildman–Crippen MR) is 175 cm³/mol. The number of carbonyl (C=O) groups is 3. The Bertz CT molecular complexity index is 1480. The van der Waals surface area contributed by atoms with Gasteiger partial charge in [-0.15, -0.1) is 0 Å². The quantitative estimate of drug-likeness (QED) is 0.233. The SMILES string of the molecule is COc1cc(C)cc(OC)c1N(CC1CCCCC1)C(=O)[C@@H](CC1CCCCC1)NC(=O)c1cc2ccccc2n1CC(=O)O. The summed E-state index contributed by atoms with van der Waals surface area (Å²) in [5, 5.41) is 13.5. The van der Waals surface area contributed by atoms with Crippen molar-refractivity contribution in [3.05, 3.63) is 53.7 Å². The van der Waals surface area contributed by atoms with Gasteiger partial charge in [-0.1, -0.05) is 69.6 Å². The van der Waals surface area contributed by atoms with Crippen LogP contribution < -0.4 is 19.7 Å². The zero-order chi connectivity index (χ0) is 31.9. The molecule has 9 heteroatoms. The van der Waals surface area contributed by atoms with Crippen molar-refractivity contribution in [3.8, 4) is 11.5 Å². The van der Waals surface area contributed by atoms with Crippen molar-refractivity contribution < 1.29 is 29.0 Å². The van der Waals surface area contributed by atoms with E-state index in [1.54, 1.807) is 25.2 Å². The minimum atomic E-state index is -1.04. The van der Waals surface area contributed by atoms with Crippen LogP contribution in [0.25, 0.3) is 10.9 Å². The van der Waals surface area contributed by atoms with Crippen LogP contribution in [0.15, 0.2) is 42.5 Å². The van der Waals surface area contributed by atoms with Crippen molar-refractivity contribution in [2.75, 3.05) is 25.7 Å². The molecule has 3 aromatic rings. The van der Waals surface area contributed by atoms with E-state index in [0.717, 1.165) is 62.3 Å². The first-order valence-corrected chi connectivity index (χ1v) is 16.4. The molecule has 2 aliphatic rings. The maximum Gasteiger partial charge on any atom is 0.323 e. The molecule has 1 aromatic heterocycles. The van der Waals surface area contributed by atoms with Gasteiger partial charge in [0.1, 0.15) is 35.5 Å². The standard InChI is InChI=1S/C36H47N3O6/c1-24-18-31(44-2)34(32(19-24)45-3)39(22-26-14-8-5-9-15-26)36(43)28(20-25-12-6-4-7-13-25)37-35(42)30-21-27-16-10-11-17-29(27)38(30)23-33(40)41/h10-11,16-19,21,25-26,28H,4-9,12-15,20,22-23H2,1-3H3,(H,37,42)(H,40,41)/t28-/m1/s1. The Morgan fingerprint density at radius 1 is 0.911 bits per heavy atom. The molecule has 0 saturated heterocycles. The fourth-order valence-electron chi connectivity index (χ4n) is 7.31. The number of benzene rings is 2. The van der Waals surface area contributed by atoms with E-state index < -0.39 is 17.9 Å². The number of hydrogen-bond donors (Lipinski definition) is 2. The topological polar surface area (TPSA) is 110 Å². The van der Waals surface area contributed by atoms with Gasteiger partial charge in [-0.25, -0.2) is 0 Å². The second kappa shape index (κ2) is 14.8. The van der Waals surface area contributed by atoms with E-state index in [9.17, 15) is 19.5 Å². The highest BCUT2D eigenvalue weighted by Crippen LogP contribution is 2.41. The number of amides is 2. The summed E-state index contributed by atoms with van der Waals surface area (Å²) in [4.78, 5) is 42.6. The molecular weight excluding hydrogens is 570 g/mol. The van der Waals surface area contributed by atoms with E-state index in [4.69, 9.17) is 9.47 Å². The highest BCUT2D eigenvalue weighted by Gasteiger charge is 2.35. The molecule has 2 aromatic carbocycles. The molecule has 1 atom stereocenters. The van der Waals surface area contributed by atoms with Crippen LogP contribution in [0.2, 0.25) is 0 Å². The first-order valence-electron chi connectivity index (χ1n) is 16.4. The Labute approximate surface area is 265 Å². The molecule has 5 rings (SSSR count). The molecule has 0 bridgehead atoms. The fourth-order valence-corrected chi connectivity index (χ4v) is 7.31. The van der Waals surface area contributed by atoms with Gasteiger partial charge in [0.15, 0.2) is 0 Å². The Morgan fingerprint density at radius 3 is 2.11 bits per heavy atom. The lowest BCUT2D eigenvalue weighted by molar-refractivity contribution is -0.137. The third kappa shape index (κ3) is 7.63. The predicted octanol–water partition coefficient (Wildman–Crippen LogP) is 6.73. The number of carbonyl (C=O) groups excluding carboxylic acids is 2. The second-order valence-corrected chi connectivity index (χ2v) is 12.8. The van der Waals surface area contributed by atoms with Gasteiger partial charge in [0.25, 0.3) is 5.91 Å². The molecule has 9 nitrogen and oxygen atoms in total. The van der Waals surface area contributed by atoms with Crippen molar-refractivity contribution in [3.63, 3.8) is 0 Å². The number of aryl methyl sites for hydroxylation is 1. The van der Waals surface area contributed by atoms with E-state index in [-0.39, 0.29) is 18.1 Å². The summed E-state index contributed by atoms with van der Waals surface area (Å²) in [5.41, 5.74) is 2.43. The highest BCUT2D eigenvalue weighted by atomic mass is 16.5. The van der Waals surface area contributed by atoms with Crippen LogP contribution in [0.1, 0.15) is 86.7 Å². The highest BCUT2D eigenvalue weighted by molar-refractivity contribution is 6.05. The number of methoxy groups -OCH3 is 2. The van der Waals surface area contributed by atoms with E-state index in [0.29, 0.717) is 47.5 Å². The van der Waals surface area contributed by atoms with Crippen molar-refractivity contribution in [1.82, 2.24) is 9.88 Å². The summed E-state index contributed by atoms with van der Waals surface area (Å²) in [6.45, 7) is 2.11. The number of aromatic nitrogens is 1. The molecule has 0 radical (unpaired) electrons. The van der Waals surface area contributed by atoms with Gasteiger partial charge < -0.3 is 29.4 Å². The molecular formula is C36H47N3O6. The van der Waals surface area contributed by atoms with E-state index in [2.05, 4.69) is 5.32 Å². The largest absolute Gasteiger partial charge is 0.494 e. The summed E-state index contributed by atoms with van der Waals surface area (Å²) in [7, 11) is 3.20. The molecule has 242 valence electrons. The summed E-state index contributed by atoms with van der Waals surface area (Å²) < 4.78 is 13.2. The minimum absolute atomic E-state index is 0.194. The molecule has 0 unspecified atom stereocenters. The number of rotatable bonds is 12.